The average Bonchev–Trinajstić information content (AvgIpc) is 2.76. The Hall–Kier alpha value is -1.81. The Morgan fingerprint density at radius 3 is 2.71 bits per heavy atom. The van der Waals surface area contributed by atoms with Crippen molar-refractivity contribution in [2.24, 2.45) is 0 Å². The van der Waals surface area contributed by atoms with E-state index >= 15 is 0 Å². The van der Waals surface area contributed by atoms with E-state index in [2.05, 4.69) is 10.2 Å². The molecule has 2 rings (SSSR count). The molecule has 0 radical (unpaired) electrons. The molecule has 90 valence electrons. The number of rotatable bonds is 3. The van der Waals surface area contributed by atoms with Crippen molar-refractivity contribution in [1.29, 1.82) is 0 Å². The van der Waals surface area contributed by atoms with Gasteiger partial charge in [0, 0.05) is 11.5 Å². The lowest BCUT2D eigenvalue weighted by Gasteiger charge is -2.22. The van der Waals surface area contributed by atoms with E-state index < -0.39 is 0 Å². The second kappa shape index (κ2) is 4.22. The highest BCUT2D eigenvalue weighted by atomic mass is 16.3. The topological polar surface area (TPSA) is 74.9 Å². The van der Waals surface area contributed by atoms with Crippen LogP contribution in [0.15, 0.2) is 30.3 Å². The molecule has 1 aromatic carbocycles. The summed E-state index contributed by atoms with van der Waals surface area (Å²) in [5.74, 6) is 0.479. The molecule has 1 aromatic heterocycles. The second-order valence-electron chi connectivity index (χ2n) is 4.83. The maximum Gasteiger partial charge on any atom is 0.145 e. The molecule has 0 unspecified atom stereocenters. The van der Waals surface area contributed by atoms with Crippen LogP contribution >= 0.6 is 0 Å². The number of nitrogen functional groups attached to an aromatic ring is 1. The second-order valence-corrected chi connectivity index (χ2v) is 4.83. The van der Waals surface area contributed by atoms with E-state index in [9.17, 15) is 5.11 Å². The van der Waals surface area contributed by atoms with Crippen molar-refractivity contribution in [3.8, 4) is 11.3 Å². The Balaban J connectivity index is 2.42. The van der Waals surface area contributed by atoms with Gasteiger partial charge >= 0.3 is 0 Å². The third-order valence-electron chi connectivity index (χ3n) is 2.95. The molecule has 0 aliphatic heterocycles. The van der Waals surface area contributed by atoms with Gasteiger partial charge in [-0.15, -0.1) is 0 Å². The van der Waals surface area contributed by atoms with Gasteiger partial charge in [-0.05, 0) is 17.2 Å². The quantitative estimate of drug-likeness (QED) is 0.755. The summed E-state index contributed by atoms with van der Waals surface area (Å²) < 4.78 is 0. The number of hydrogen-bond acceptors (Lipinski definition) is 3. The highest BCUT2D eigenvalue weighted by Crippen LogP contribution is 2.27. The molecule has 17 heavy (non-hydrogen) atoms. The first-order chi connectivity index (χ1) is 8.03. The van der Waals surface area contributed by atoms with Gasteiger partial charge in [-0.1, -0.05) is 32.0 Å². The number of aromatic amines is 1. The number of anilines is 1. The summed E-state index contributed by atoms with van der Waals surface area (Å²) in [6.07, 6.45) is 0. The predicted molar refractivity (Wildman–Crippen MR) is 68.5 cm³/mol. The Morgan fingerprint density at radius 2 is 2.12 bits per heavy atom. The van der Waals surface area contributed by atoms with Gasteiger partial charge in [-0.2, -0.15) is 5.10 Å². The van der Waals surface area contributed by atoms with Crippen LogP contribution in [-0.2, 0) is 5.41 Å². The lowest BCUT2D eigenvalue weighted by molar-refractivity contribution is 0.218. The normalized spacial score (nSPS) is 11.7. The van der Waals surface area contributed by atoms with Crippen molar-refractivity contribution in [3.05, 3.63) is 35.9 Å². The smallest absolute Gasteiger partial charge is 0.145 e. The minimum Gasteiger partial charge on any atom is -0.395 e. The van der Waals surface area contributed by atoms with Crippen LogP contribution < -0.4 is 5.73 Å². The number of hydrogen-bond donors (Lipinski definition) is 3. The van der Waals surface area contributed by atoms with Crippen LogP contribution in [0, 0.1) is 0 Å². The number of nitrogens with zero attached hydrogens (tertiary/aromatic N) is 1. The van der Waals surface area contributed by atoms with Crippen molar-refractivity contribution < 1.29 is 5.11 Å². The molecule has 0 aliphatic carbocycles. The molecule has 4 N–H and O–H groups in total. The van der Waals surface area contributed by atoms with E-state index in [-0.39, 0.29) is 12.0 Å². The fraction of sp³-hybridized carbons (Fsp3) is 0.308. The summed E-state index contributed by atoms with van der Waals surface area (Å²) in [7, 11) is 0. The zero-order valence-electron chi connectivity index (χ0n) is 10.1. The first-order valence-electron chi connectivity index (χ1n) is 5.55. The lowest BCUT2D eigenvalue weighted by atomic mass is 9.84. The van der Waals surface area contributed by atoms with E-state index in [1.807, 2.05) is 38.1 Å². The zero-order chi connectivity index (χ0) is 12.5. The maximum atomic E-state index is 9.37. The van der Waals surface area contributed by atoms with Gasteiger partial charge in [-0.25, -0.2) is 0 Å². The number of nitrogens with two attached hydrogens (primary N) is 1. The van der Waals surface area contributed by atoms with E-state index in [4.69, 9.17) is 5.73 Å². The summed E-state index contributed by atoms with van der Waals surface area (Å²) in [5.41, 5.74) is 8.33. The number of benzene rings is 1. The molecule has 4 nitrogen and oxygen atoms in total. The van der Waals surface area contributed by atoms with Crippen LogP contribution in [0.5, 0.6) is 0 Å². The summed E-state index contributed by atoms with van der Waals surface area (Å²) in [5, 5.41) is 16.2. The Kier molecular flexibility index (Phi) is 2.90. The van der Waals surface area contributed by atoms with Gasteiger partial charge in [0.1, 0.15) is 5.82 Å². The van der Waals surface area contributed by atoms with Crippen molar-refractivity contribution in [1.82, 2.24) is 10.2 Å². The molecule has 0 fully saturated rings. The predicted octanol–water partition coefficient (Wildman–Crippen LogP) is 1.93. The molecular weight excluding hydrogens is 214 g/mol. The zero-order valence-corrected chi connectivity index (χ0v) is 10.1. The Bertz CT molecular complexity index is 517. The molecule has 0 saturated carbocycles. The van der Waals surface area contributed by atoms with Crippen LogP contribution in [0.1, 0.15) is 19.4 Å². The van der Waals surface area contributed by atoms with Crippen LogP contribution in [0.25, 0.3) is 11.3 Å². The van der Waals surface area contributed by atoms with Gasteiger partial charge < -0.3 is 10.8 Å². The highest BCUT2D eigenvalue weighted by Gasteiger charge is 2.19. The highest BCUT2D eigenvalue weighted by molar-refractivity contribution is 5.63. The third-order valence-corrected chi connectivity index (χ3v) is 2.95. The largest absolute Gasteiger partial charge is 0.395 e. The molecule has 0 aliphatic rings. The van der Waals surface area contributed by atoms with Crippen LogP contribution in [0.2, 0.25) is 0 Å². The summed E-state index contributed by atoms with van der Waals surface area (Å²) >= 11 is 0. The molecule has 0 bridgehead atoms. The molecule has 0 spiro atoms. The maximum absolute atomic E-state index is 9.37. The number of H-pyrrole nitrogens is 1. The standard InChI is InChI=1S/C13H17N3O/c1-13(2,8-17)10-5-3-4-9(6-10)11-7-12(14)16-15-11/h3-7,17H,8H2,1-2H3,(H3,14,15,16). The van der Waals surface area contributed by atoms with Crippen LogP contribution in [-0.4, -0.2) is 21.9 Å². The number of aliphatic hydroxyl groups excluding tert-OH is 1. The molecule has 0 atom stereocenters. The first kappa shape index (κ1) is 11.7. The van der Waals surface area contributed by atoms with Gasteiger partial charge in [0.2, 0.25) is 0 Å². The summed E-state index contributed by atoms with van der Waals surface area (Å²) in [6, 6.07) is 9.82. The van der Waals surface area contributed by atoms with Gasteiger partial charge in [-0.3, -0.25) is 5.10 Å². The summed E-state index contributed by atoms with van der Waals surface area (Å²) in [6.45, 7) is 4.13. The van der Waals surface area contributed by atoms with E-state index in [0.717, 1.165) is 16.8 Å². The van der Waals surface area contributed by atoms with Crippen molar-refractivity contribution in [2.75, 3.05) is 12.3 Å². The number of aromatic nitrogens is 2. The Morgan fingerprint density at radius 1 is 1.35 bits per heavy atom. The fourth-order valence-corrected chi connectivity index (χ4v) is 1.68. The molecule has 1 heterocycles. The monoisotopic (exact) mass is 231 g/mol. The van der Waals surface area contributed by atoms with Gasteiger partial charge in [0.05, 0.1) is 12.3 Å². The number of nitrogens with one attached hydrogen (secondary N) is 1. The van der Waals surface area contributed by atoms with Crippen LogP contribution in [0.4, 0.5) is 5.82 Å². The van der Waals surface area contributed by atoms with Crippen molar-refractivity contribution >= 4 is 5.82 Å². The first-order valence-corrected chi connectivity index (χ1v) is 5.55. The van der Waals surface area contributed by atoms with Gasteiger partial charge in [0.25, 0.3) is 0 Å². The SMILES string of the molecule is CC(C)(CO)c1cccc(-c2cc(N)n[nH]2)c1. The lowest BCUT2D eigenvalue weighted by Crippen LogP contribution is -2.21. The van der Waals surface area contributed by atoms with Crippen molar-refractivity contribution in [2.45, 2.75) is 19.3 Å². The minimum atomic E-state index is -0.248. The van der Waals surface area contributed by atoms with E-state index in [0.29, 0.717) is 5.82 Å². The molecule has 0 amide bonds. The minimum absolute atomic E-state index is 0.113. The van der Waals surface area contributed by atoms with Crippen molar-refractivity contribution in [3.63, 3.8) is 0 Å². The molecule has 2 aromatic rings. The van der Waals surface area contributed by atoms with E-state index in [1.54, 1.807) is 6.07 Å². The fourth-order valence-electron chi connectivity index (χ4n) is 1.68. The van der Waals surface area contributed by atoms with Crippen LogP contribution in [0.3, 0.4) is 0 Å². The molecule has 4 heteroatoms. The van der Waals surface area contributed by atoms with Gasteiger partial charge in [0.15, 0.2) is 0 Å². The van der Waals surface area contributed by atoms with E-state index in [1.165, 1.54) is 0 Å². The summed E-state index contributed by atoms with van der Waals surface area (Å²) in [4.78, 5) is 0. The third kappa shape index (κ3) is 2.31. The number of aliphatic hydroxyl groups is 1. The molecule has 0 saturated heterocycles. The Labute approximate surface area is 100 Å². The average molecular weight is 231 g/mol. The molecular formula is C13H17N3O.